The van der Waals surface area contributed by atoms with E-state index in [1.54, 1.807) is 0 Å². The van der Waals surface area contributed by atoms with Gasteiger partial charge in [-0.25, -0.2) is 0 Å². The first-order valence-corrected chi connectivity index (χ1v) is 5.42. The summed E-state index contributed by atoms with van der Waals surface area (Å²) in [5, 5.41) is 0. The molecule has 0 aliphatic heterocycles. The van der Waals surface area contributed by atoms with Crippen LogP contribution in [-0.2, 0) is 18.2 Å². The van der Waals surface area contributed by atoms with Crippen molar-refractivity contribution in [2.75, 3.05) is 0 Å². The Balaban J connectivity index is 0. The van der Waals surface area contributed by atoms with Gasteiger partial charge in [-0.15, -0.1) is 0 Å². The van der Waals surface area contributed by atoms with Gasteiger partial charge in [0, 0.05) is 0 Å². The molecule has 0 bridgehead atoms. The van der Waals surface area contributed by atoms with Crippen LogP contribution in [0, 0.1) is 7.43 Å². The molecule has 0 saturated carbocycles. The van der Waals surface area contributed by atoms with Crippen LogP contribution in [0.4, 0.5) is 0 Å². The van der Waals surface area contributed by atoms with Gasteiger partial charge in [0.05, 0.1) is 0 Å². The summed E-state index contributed by atoms with van der Waals surface area (Å²) in [4.78, 5) is 0. The number of rotatable bonds is 0. The Morgan fingerprint density at radius 3 is 1.09 bits per heavy atom. The molecule has 11 heavy (non-hydrogen) atoms. The molecule has 0 amide bonds. The Hall–Kier alpha value is 0.432. The molecule has 0 heterocycles. The van der Waals surface area contributed by atoms with Crippen LogP contribution in [0.3, 0.4) is 0 Å². The van der Waals surface area contributed by atoms with Gasteiger partial charge in [0.1, 0.15) is 0 Å². The predicted molar refractivity (Wildman–Crippen MR) is 49.0 cm³/mol. The van der Waals surface area contributed by atoms with Crippen LogP contribution in [0.2, 0.25) is 0 Å². The van der Waals surface area contributed by atoms with Crippen LogP contribution in [0.1, 0.15) is 25.7 Å². The standard InChI is InChI=1S/C8H12.CH3.ClH.Pd/c1-2-4-6-8-7-5-3-1;;;/h1-2,7-8H,3-6H2;1H3;1H;/q;-1;;+2/p-1. The average Bonchev–Trinajstić information content (AvgIpc) is 1.90. The van der Waals surface area contributed by atoms with Gasteiger partial charge in [-0.1, -0.05) is 24.3 Å². The van der Waals surface area contributed by atoms with E-state index in [2.05, 4.69) is 52.0 Å². The van der Waals surface area contributed by atoms with Gasteiger partial charge in [0.2, 0.25) is 0 Å². The van der Waals surface area contributed by atoms with E-state index in [0.717, 1.165) is 0 Å². The third kappa shape index (κ3) is 10.4. The molecule has 0 aromatic carbocycles. The van der Waals surface area contributed by atoms with Crippen molar-refractivity contribution >= 4 is 9.53 Å². The van der Waals surface area contributed by atoms with Crippen LogP contribution in [-0.4, -0.2) is 0 Å². The van der Waals surface area contributed by atoms with Crippen LogP contribution < -0.4 is 0 Å². The SMILES string of the molecule is C1=CCCC=CCC1.[CH3-].[Cl][Pd+]. The summed E-state index contributed by atoms with van der Waals surface area (Å²) in [7, 11) is 4.49. The molecule has 0 aromatic heterocycles. The van der Waals surface area contributed by atoms with E-state index in [0.29, 0.717) is 0 Å². The van der Waals surface area contributed by atoms with E-state index in [4.69, 9.17) is 0 Å². The molecule has 0 N–H and O–H groups in total. The molecule has 1 aliphatic rings. The molecule has 0 unspecified atom stereocenters. The summed E-state index contributed by atoms with van der Waals surface area (Å²) in [5.41, 5.74) is 0. The molecule has 2 heteroatoms. The molecule has 1 rings (SSSR count). The summed E-state index contributed by atoms with van der Waals surface area (Å²) in [5.74, 6) is 0. The van der Waals surface area contributed by atoms with Crippen molar-refractivity contribution in [3.8, 4) is 0 Å². The van der Waals surface area contributed by atoms with Crippen molar-refractivity contribution in [1.82, 2.24) is 0 Å². The Morgan fingerprint density at radius 1 is 0.727 bits per heavy atom. The quantitative estimate of drug-likeness (QED) is 0.355. The molecule has 0 aromatic rings. The minimum atomic E-state index is 0. The van der Waals surface area contributed by atoms with Crippen LogP contribution in [0.25, 0.3) is 0 Å². The van der Waals surface area contributed by atoms with Crippen molar-refractivity contribution in [2.45, 2.75) is 25.7 Å². The first-order chi connectivity index (χ1) is 5.00. The number of allylic oxidation sites excluding steroid dienone is 4. The van der Waals surface area contributed by atoms with Crippen molar-refractivity contribution in [3.63, 3.8) is 0 Å². The van der Waals surface area contributed by atoms with Crippen molar-refractivity contribution in [3.05, 3.63) is 31.7 Å². The summed E-state index contributed by atoms with van der Waals surface area (Å²) in [6.07, 6.45) is 14.0. The third-order valence-corrected chi connectivity index (χ3v) is 1.33. The Kier molecular flexibility index (Phi) is 16.6. The van der Waals surface area contributed by atoms with Gasteiger partial charge >= 0.3 is 27.7 Å². The fourth-order valence-electron chi connectivity index (χ4n) is 0.856. The second kappa shape index (κ2) is 13.1. The Labute approximate surface area is 85.1 Å². The molecular formula is C9H15ClPd. The number of hydrogen-bond donors (Lipinski definition) is 0. The molecule has 0 spiro atoms. The fraction of sp³-hybridized carbons (Fsp3) is 0.444. The van der Waals surface area contributed by atoms with E-state index >= 15 is 0 Å². The first-order valence-electron chi connectivity index (χ1n) is 3.42. The molecule has 68 valence electrons. The molecule has 0 radical (unpaired) electrons. The first kappa shape index (κ1) is 14.0. The van der Waals surface area contributed by atoms with Crippen LogP contribution in [0.5, 0.6) is 0 Å². The van der Waals surface area contributed by atoms with Gasteiger partial charge in [-0.2, -0.15) is 0 Å². The molecular weight excluding hydrogens is 250 g/mol. The maximum atomic E-state index is 4.49. The van der Waals surface area contributed by atoms with Gasteiger partial charge < -0.3 is 7.43 Å². The maximum absolute atomic E-state index is 4.49. The second-order valence-electron chi connectivity index (χ2n) is 2.10. The Bertz CT molecular complexity index is 82.1. The van der Waals surface area contributed by atoms with Gasteiger partial charge in [-0.05, 0) is 25.7 Å². The summed E-state index contributed by atoms with van der Waals surface area (Å²) in [6, 6.07) is 0. The molecule has 0 nitrogen and oxygen atoms in total. The van der Waals surface area contributed by atoms with Crippen LogP contribution >= 0.6 is 9.53 Å². The Morgan fingerprint density at radius 2 is 0.909 bits per heavy atom. The summed E-state index contributed by atoms with van der Waals surface area (Å²) >= 11 is 2.22. The fourth-order valence-corrected chi connectivity index (χ4v) is 0.856. The minimum absolute atomic E-state index is 0. The van der Waals surface area contributed by atoms with E-state index < -0.39 is 0 Å². The average molecular weight is 265 g/mol. The second-order valence-corrected chi connectivity index (χ2v) is 2.10. The molecule has 0 atom stereocenters. The molecule has 0 fully saturated rings. The van der Waals surface area contributed by atoms with Gasteiger partial charge in [-0.3, -0.25) is 0 Å². The topological polar surface area (TPSA) is 0 Å². The summed E-state index contributed by atoms with van der Waals surface area (Å²) in [6.45, 7) is 0. The monoisotopic (exact) mass is 264 g/mol. The van der Waals surface area contributed by atoms with E-state index in [1.807, 2.05) is 0 Å². The zero-order valence-corrected chi connectivity index (χ0v) is 9.14. The number of halogens is 1. The molecule has 1 aliphatic carbocycles. The van der Waals surface area contributed by atoms with Gasteiger partial charge in [0.15, 0.2) is 0 Å². The van der Waals surface area contributed by atoms with Crippen LogP contribution in [0.15, 0.2) is 24.3 Å². The van der Waals surface area contributed by atoms with Crippen molar-refractivity contribution < 1.29 is 18.2 Å². The zero-order valence-electron chi connectivity index (χ0n) is 6.83. The summed E-state index contributed by atoms with van der Waals surface area (Å²) < 4.78 is 0. The van der Waals surface area contributed by atoms with Crippen molar-refractivity contribution in [1.29, 1.82) is 0 Å². The normalized spacial score (nSPS) is 15.2. The van der Waals surface area contributed by atoms with E-state index in [-0.39, 0.29) is 7.43 Å². The van der Waals surface area contributed by atoms with E-state index in [1.165, 1.54) is 25.7 Å². The van der Waals surface area contributed by atoms with Crippen molar-refractivity contribution in [2.24, 2.45) is 0 Å². The van der Waals surface area contributed by atoms with E-state index in [9.17, 15) is 0 Å². The molecule has 0 saturated heterocycles. The predicted octanol–water partition coefficient (Wildman–Crippen LogP) is 3.81. The third-order valence-electron chi connectivity index (χ3n) is 1.33. The van der Waals surface area contributed by atoms with Gasteiger partial charge in [0.25, 0.3) is 0 Å². The zero-order chi connectivity index (χ0) is 7.66. The number of hydrogen-bond acceptors (Lipinski definition) is 0.